The first kappa shape index (κ1) is 15.3. The Morgan fingerprint density at radius 1 is 1.48 bits per heavy atom. The van der Waals surface area contributed by atoms with Crippen LogP contribution in [-0.2, 0) is 20.7 Å². The number of carbonyl (C=O) groups excluding carboxylic acids is 1. The molecule has 2 rings (SSSR count). The van der Waals surface area contributed by atoms with Crippen LogP contribution in [0.1, 0.15) is 12.0 Å². The fourth-order valence-electron chi connectivity index (χ4n) is 2.28. The monoisotopic (exact) mass is 293 g/mol. The predicted molar refractivity (Wildman–Crippen MR) is 75.2 cm³/mol. The van der Waals surface area contributed by atoms with Crippen molar-refractivity contribution in [2.24, 2.45) is 5.92 Å². The number of carboxylic acid groups (broad SMARTS) is 1. The van der Waals surface area contributed by atoms with Gasteiger partial charge in [0.25, 0.3) is 0 Å². The molecule has 0 saturated carbocycles. The van der Waals surface area contributed by atoms with Crippen LogP contribution in [0.3, 0.4) is 0 Å². The first-order valence-corrected chi connectivity index (χ1v) is 6.84. The molecule has 1 heterocycles. The minimum Gasteiger partial charge on any atom is -0.492 e. The number of methoxy groups -OCH3 is 1. The summed E-state index contributed by atoms with van der Waals surface area (Å²) in [5.74, 6) is -0.939. The number of aliphatic carboxylic acids is 1. The third-order valence-corrected chi connectivity index (χ3v) is 3.47. The molecule has 0 fully saturated rings. The van der Waals surface area contributed by atoms with Crippen LogP contribution in [0.15, 0.2) is 24.3 Å². The van der Waals surface area contributed by atoms with Gasteiger partial charge in [0, 0.05) is 20.1 Å². The lowest BCUT2D eigenvalue weighted by atomic mass is 9.95. The van der Waals surface area contributed by atoms with Crippen LogP contribution in [0.2, 0.25) is 0 Å². The molecule has 0 radical (unpaired) electrons. The van der Waals surface area contributed by atoms with E-state index in [1.54, 1.807) is 0 Å². The first-order chi connectivity index (χ1) is 10.1. The van der Waals surface area contributed by atoms with E-state index in [0.29, 0.717) is 6.42 Å². The number of carboxylic acids is 1. The quantitative estimate of drug-likeness (QED) is 0.812. The normalized spacial score (nSPS) is 18.2. The molecule has 0 unspecified atom stereocenters. The molecule has 0 aromatic heterocycles. The number of ether oxygens (including phenoxy) is 2. The second-order valence-corrected chi connectivity index (χ2v) is 5.00. The third kappa shape index (κ3) is 3.95. The molecule has 1 aliphatic heterocycles. The van der Waals surface area contributed by atoms with Crippen molar-refractivity contribution in [3.8, 4) is 5.75 Å². The summed E-state index contributed by atoms with van der Waals surface area (Å²) in [5.41, 5.74) is 0.965. The van der Waals surface area contributed by atoms with E-state index >= 15 is 0 Å². The minimum absolute atomic E-state index is 0.238. The molecule has 1 aromatic rings. The Kier molecular flexibility index (Phi) is 5.16. The second-order valence-electron chi connectivity index (χ2n) is 5.00. The highest BCUT2D eigenvalue weighted by Gasteiger charge is 2.29. The van der Waals surface area contributed by atoms with Crippen molar-refractivity contribution in [1.29, 1.82) is 0 Å². The summed E-state index contributed by atoms with van der Waals surface area (Å²) in [4.78, 5) is 23.3. The van der Waals surface area contributed by atoms with Gasteiger partial charge in [0.1, 0.15) is 18.4 Å². The number of nitrogens with one attached hydrogen (secondary N) is 1. The number of benzene rings is 1. The average Bonchev–Trinajstić information content (AvgIpc) is 2.50. The van der Waals surface area contributed by atoms with Crippen molar-refractivity contribution >= 4 is 11.9 Å². The van der Waals surface area contributed by atoms with E-state index in [-0.39, 0.29) is 31.5 Å². The van der Waals surface area contributed by atoms with Gasteiger partial charge in [-0.2, -0.15) is 0 Å². The number of fused-ring (bicyclic) bond motifs is 1. The van der Waals surface area contributed by atoms with E-state index in [0.717, 1.165) is 11.3 Å². The van der Waals surface area contributed by atoms with Crippen LogP contribution >= 0.6 is 0 Å². The second kappa shape index (κ2) is 7.08. The van der Waals surface area contributed by atoms with Crippen LogP contribution in [-0.4, -0.2) is 43.3 Å². The lowest BCUT2D eigenvalue weighted by Gasteiger charge is -2.25. The smallest absolute Gasteiger partial charge is 0.326 e. The van der Waals surface area contributed by atoms with Crippen molar-refractivity contribution in [2.45, 2.75) is 18.9 Å². The van der Waals surface area contributed by atoms with Crippen molar-refractivity contribution < 1.29 is 24.2 Å². The largest absolute Gasteiger partial charge is 0.492 e. The number of para-hydroxylation sites is 1. The van der Waals surface area contributed by atoms with E-state index in [2.05, 4.69) is 5.32 Å². The average molecular weight is 293 g/mol. The maximum Gasteiger partial charge on any atom is 0.326 e. The van der Waals surface area contributed by atoms with Gasteiger partial charge in [0.15, 0.2) is 0 Å². The fraction of sp³-hybridized carbons (Fsp3) is 0.467. The molecule has 1 amide bonds. The molecule has 2 atom stereocenters. The Hall–Kier alpha value is -2.08. The van der Waals surface area contributed by atoms with Crippen molar-refractivity contribution in [3.05, 3.63) is 29.8 Å². The fourth-order valence-corrected chi connectivity index (χ4v) is 2.28. The van der Waals surface area contributed by atoms with E-state index in [4.69, 9.17) is 14.6 Å². The maximum atomic E-state index is 12.2. The lowest BCUT2D eigenvalue weighted by Crippen LogP contribution is -2.46. The highest BCUT2D eigenvalue weighted by molar-refractivity contribution is 5.85. The predicted octanol–water partition coefficient (Wildman–Crippen LogP) is 0.844. The Morgan fingerprint density at radius 2 is 2.24 bits per heavy atom. The van der Waals surface area contributed by atoms with Gasteiger partial charge in [0.2, 0.25) is 5.91 Å². The SMILES string of the molecule is COCC[C@H](NC(=O)[C@@H]1COc2ccccc2C1)C(=O)O. The highest BCUT2D eigenvalue weighted by atomic mass is 16.5. The number of carbonyl (C=O) groups is 2. The summed E-state index contributed by atoms with van der Waals surface area (Å²) >= 11 is 0. The molecule has 0 bridgehead atoms. The molecule has 0 spiro atoms. The molecular weight excluding hydrogens is 274 g/mol. The molecule has 6 heteroatoms. The summed E-state index contributed by atoms with van der Waals surface area (Å²) in [6.07, 6.45) is 0.792. The zero-order valence-electron chi connectivity index (χ0n) is 11.9. The summed E-state index contributed by atoms with van der Waals surface area (Å²) in [6.45, 7) is 0.542. The first-order valence-electron chi connectivity index (χ1n) is 6.84. The van der Waals surface area contributed by atoms with Gasteiger partial charge < -0.3 is 19.9 Å². The van der Waals surface area contributed by atoms with Crippen molar-refractivity contribution in [2.75, 3.05) is 20.3 Å². The van der Waals surface area contributed by atoms with Crippen LogP contribution in [0.4, 0.5) is 0 Å². The summed E-state index contributed by atoms with van der Waals surface area (Å²) in [7, 11) is 1.49. The maximum absolute atomic E-state index is 12.2. The Bertz CT molecular complexity index is 517. The molecular formula is C15H19NO5. The zero-order valence-corrected chi connectivity index (χ0v) is 11.9. The summed E-state index contributed by atoms with van der Waals surface area (Å²) in [6, 6.07) is 6.61. The molecule has 1 aliphatic rings. The van der Waals surface area contributed by atoms with Crippen LogP contribution in [0.25, 0.3) is 0 Å². The number of hydrogen-bond donors (Lipinski definition) is 2. The van der Waals surface area contributed by atoms with E-state index in [9.17, 15) is 9.59 Å². The minimum atomic E-state index is -1.06. The van der Waals surface area contributed by atoms with Gasteiger partial charge in [-0.15, -0.1) is 0 Å². The third-order valence-electron chi connectivity index (χ3n) is 3.47. The van der Waals surface area contributed by atoms with Crippen molar-refractivity contribution in [1.82, 2.24) is 5.32 Å². The molecule has 1 aromatic carbocycles. The summed E-state index contributed by atoms with van der Waals surface area (Å²) in [5, 5.41) is 11.7. The van der Waals surface area contributed by atoms with Crippen LogP contribution in [0, 0.1) is 5.92 Å². The van der Waals surface area contributed by atoms with Gasteiger partial charge in [-0.3, -0.25) is 4.79 Å². The molecule has 114 valence electrons. The van der Waals surface area contributed by atoms with Gasteiger partial charge in [-0.05, 0) is 18.1 Å². The standard InChI is InChI=1S/C15H19NO5/c1-20-7-6-12(15(18)19)16-14(17)11-8-10-4-2-3-5-13(10)21-9-11/h2-5,11-12H,6-9H2,1H3,(H,16,17)(H,18,19)/t11-,12-/m0/s1. The van der Waals surface area contributed by atoms with E-state index in [1.165, 1.54) is 7.11 Å². The molecule has 0 aliphatic carbocycles. The van der Waals surface area contributed by atoms with Gasteiger partial charge in [-0.25, -0.2) is 4.79 Å². The molecule has 0 saturated heterocycles. The van der Waals surface area contributed by atoms with Crippen LogP contribution < -0.4 is 10.1 Å². The van der Waals surface area contributed by atoms with Crippen molar-refractivity contribution in [3.63, 3.8) is 0 Å². The Labute approximate surface area is 123 Å². The van der Waals surface area contributed by atoms with E-state index in [1.807, 2.05) is 24.3 Å². The molecule has 2 N–H and O–H groups in total. The number of amides is 1. The van der Waals surface area contributed by atoms with E-state index < -0.39 is 12.0 Å². The topological polar surface area (TPSA) is 84.9 Å². The summed E-state index contributed by atoms with van der Waals surface area (Å²) < 4.78 is 10.4. The van der Waals surface area contributed by atoms with Gasteiger partial charge in [-0.1, -0.05) is 18.2 Å². The Morgan fingerprint density at radius 3 is 2.95 bits per heavy atom. The van der Waals surface area contributed by atoms with Gasteiger partial charge >= 0.3 is 5.97 Å². The Balaban J connectivity index is 1.96. The molecule has 6 nitrogen and oxygen atoms in total. The molecule has 21 heavy (non-hydrogen) atoms. The zero-order chi connectivity index (χ0) is 15.2. The lowest BCUT2D eigenvalue weighted by molar-refractivity contribution is -0.143. The highest BCUT2D eigenvalue weighted by Crippen LogP contribution is 2.26. The number of hydrogen-bond acceptors (Lipinski definition) is 4. The van der Waals surface area contributed by atoms with Crippen LogP contribution in [0.5, 0.6) is 5.75 Å². The van der Waals surface area contributed by atoms with Gasteiger partial charge in [0.05, 0.1) is 5.92 Å². The number of rotatable bonds is 6.